The quantitative estimate of drug-likeness (QED) is 0.868. The van der Waals surface area contributed by atoms with E-state index in [0.717, 1.165) is 22.1 Å². The summed E-state index contributed by atoms with van der Waals surface area (Å²) in [6.07, 6.45) is 3.94. The predicted molar refractivity (Wildman–Crippen MR) is 86.8 cm³/mol. The molecule has 1 aromatic carbocycles. The molecule has 1 aromatic heterocycles. The monoisotopic (exact) mass is 348 g/mol. The lowest BCUT2D eigenvalue weighted by molar-refractivity contribution is 0.0953. The molecule has 110 valence electrons. The molecular weight excluding hydrogens is 332 g/mol. The maximum atomic E-state index is 11.7. The smallest absolute Gasteiger partial charge is 0.254 e. The third-order valence-corrected chi connectivity index (χ3v) is 3.38. The van der Waals surface area contributed by atoms with Gasteiger partial charge in [-0.15, -0.1) is 0 Å². The number of carbonyl (C=O) groups excluding carboxylic acids is 1. The Labute approximate surface area is 132 Å². The van der Waals surface area contributed by atoms with Crippen molar-refractivity contribution in [3.05, 3.63) is 46.2 Å². The van der Waals surface area contributed by atoms with Crippen LogP contribution in [0.1, 0.15) is 29.3 Å². The van der Waals surface area contributed by atoms with E-state index >= 15 is 0 Å². The standard InChI is InChI=1S/C15H17BrN4O/c1-3-6-17-14(21)11-8-18-15(19-9-11)20-13-5-4-12(16)7-10(13)2/h4-5,7-9H,3,6H2,1-2H3,(H,17,21)(H,18,19,20). The van der Waals surface area contributed by atoms with Gasteiger partial charge in [0.2, 0.25) is 5.95 Å². The molecule has 0 aliphatic rings. The summed E-state index contributed by atoms with van der Waals surface area (Å²) in [5, 5.41) is 5.92. The molecule has 0 atom stereocenters. The summed E-state index contributed by atoms with van der Waals surface area (Å²) in [7, 11) is 0. The summed E-state index contributed by atoms with van der Waals surface area (Å²) in [6, 6.07) is 5.90. The minimum Gasteiger partial charge on any atom is -0.352 e. The van der Waals surface area contributed by atoms with Crippen LogP contribution in [0.5, 0.6) is 0 Å². The Hall–Kier alpha value is -1.95. The summed E-state index contributed by atoms with van der Waals surface area (Å²) in [5.74, 6) is 0.315. The number of aryl methyl sites for hydroxylation is 1. The number of hydrogen-bond acceptors (Lipinski definition) is 4. The number of nitrogens with zero attached hydrogens (tertiary/aromatic N) is 2. The first-order valence-corrected chi connectivity index (χ1v) is 7.53. The molecule has 0 spiro atoms. The zero-order valence-electron chi connectivity index (χ0n) is 12.0. The van der Waals surface area contributed by atoms with E-state index in [9.17, 15) is 4.79 Å². The number of anilines is 2. The Kier molecular flexibility index (Phi) is 5.27. The lowest BCUT2D eigenvalue weighted by Gasteiger charge is -2.09. The molecule has 0 aliphatic heterocycles. The largest absolute Gasteiger partial charge is 0.352 e. The van der Waals surface area contributed by atoms with Crippen molar-refractivity contribution in [2.24, 2.45) is 0 Å². The van der Waals surface area contributed by atoms with E-state index in [0.29, 0.717) is 18.1 Å². The number of benzene rings is 1. The zero-order chi connectivity index (χ0) is 15.2. The van der Waals surface area contributed by atoms with Crippen molar-refractivity contribution in [3.63, 3.8) is 0 Å². The molecule has 2 aromatic rings. The van der Waals surface area contributed by atoms with Gasteiger partial charge in [-0.2, -0.15) is 0 Å². The van der Waals surface area contributed by atoms with E-state index in [2.05, 4.69) is 36.5 Å². The van der Waals surface area contributed by atoms with Gasteiger partial charge in [-0.05, 0) is 37.1 Å². The number of rotatable bonds is 5. The molecule has 5 nitrogen and oxygen atoms in total. The minimum atomic E-state index is -0.150. The molecule has 0 aliphatic carbocycles. The van der Waals surface area contributed by atoms with Crippen LogP contribution in [0.3, 0.4) is 0 Å². The van der Waals surface area contributed by atoms with E-state index in [4.69, 9.17) is 0 Å². The highest BCUT2D eigenvalue weighted by Gasteiger charge is 2.07. The van der Waals surface area contributed by atoms with Gasteiger partial charge >= 0.3 is 0 Å². The predicted octanol–water partition coefficient (Wildman–Crippen LogP) is 3.43. The second kappa shape index (κ2) is 7.17. The fourth-order valence-electron chi connectivity index (χ4n) is 1.74. The lowest BCUT2D eigenvalue weighted by atomic mass is 10.2. The van der Waals surface area contributed by atoms with Crippen molar-refractivity contribution in [1.29, 1.82) is 0 Å². The molecule has 0 saturated heterocycles. The average Bonchev–Trinajstić information content (AvgIpc) is 2.48. The first-order chi connectivity index (χ1) is 10.1. The number of hydrogen-bond donors (Lipinski definition) is 2. The van der Waals surface area contributed by atoms with Crippen molar-refractivity contribution < 1.29 is 4.79 Å². The van der Waals surface area contributed by atoms with E-state index in [1.54, 1.807) is 0 Å². The number of amides is 1. The summed E-state index contributed by atoms with van der Waals surface area (Å²) in [6.45, 7) is 4.65. The van der Waals surface area contributed by atoms with E-state index in [-0.39, 0.29) is 5.91 Å². The van der Waals surface area contributed by atoms with Crippen LogP contribution in [0.25, 0.3) is 0 Å². The third-order valence-electron chi connectivity index (χ3n) is 2.88. The molecule has 2 N–H and O–H groups in total. The van der Waals surface area contributed by atoms with Gasteiger partial charge in [0.25, 0.3) is 5.91 Å². The van der Waals surface area contributed by atoms with E-state index < -0.39 is 0 Å². The van der Waals surface area contributed by atoms with Gasteiger partial charge in [0.1, 0.15) is 0 Å². The minimum absolute atomic E-state index is 0.150. The lowest BCUT2D eigenvalue weighted by Crippen LogP contribution is -2.24. The molecule has 1 heterocycles. The van der Waals surface area contributed by atoms with Crippen LogP contribution in [0, 0.1) is 6.92 Å². The fourth-order valence-corrected chi connectivity index (χ4v) is 2.21. The first kappa shape index (κ1) is 15.4. The topological polar surface area (TPSA) is 66.9 Å². The highest BCUT2D eigenvalue weighted by atomic mass is 79.9. The van der Waals surface area contributed by atoms with Crippen LogP contribution in [0.15, 0.2) is 35.1 Å². The number of nitrogens with one attached hydrogen (secondary N) is 2. The number of aromatic nitrogens is 2. The third kappa shape index (κ3) is 4.26. The Balaban J connectivity index is 2.07. The molecule has 21 heavy (non-hydrogen) atoms. The summed E-state index contributed by atoms with van der Waals surface area (Å²) in [4.78, 5) is 20.1. The fraction of sp³-hybridized carbons (Fsp3) is 0.267. The molecular formula is C15H17BrN4O. The molecule has 0 radical (unpaired) electrons. The summed E-state index contributed by atoms with van der Waals surface area (Å²) < 4.78 is 1.02. The second-order valence-electron chi connectivity index (χ2n) is 4.64. The van der Waals surface area contributed by atoms with Crippen LogP contribution in [0.2, 0.25) is 0 Å². The van der Waals surface area contributed by atoms with Crippen LogP contribution >= 0.6 is 15.9 Å². The van der Waals surface area contributed by atoms with Crippen molar-refractivity contribution in [1.82, 2.24) is 15.3 Å². The van der Waals surface area contributed by atoms with Gasteiger partial charge in [0.15, 0.2) is 0 Å². The highest BCUT2D eigenvalue weighted by Crippen LogP contribution is 2.22. The SMILES string of the molecule is CCCNC(=O)c1cnc(Nc2ccc(Br)cc2C)nc1. The van der Waals surface area contributed by atoms with Gasteiger partial charge in [-0.25, -0.2) is 9.97 Å². The molecule has 6 heteroatoms. The zero-order valence-corrected chi connectivity index (χ0v) is 13.6. The maximum absolute atomic E-state index is 11.7. The van der Waals surface area contributed by atoms with Gasteiger partial charge < -0.3 is 10.6 Å². The molecule has 0 saturated carbocycles. The number of halogens is 1. The van der Waals surface area contributed by atoms with E-state index in [1.165, 1.54) is 12.4 Å². The van der Waals surface area contributed by atoms with Crippen LogP contribution in [0.4, 0.5) is 11.6 Å². The highest BCUT2D eigenvalue weighted by molar-refractivity contribution is 9.10. The Bertz CT molecular complexity index is 628. The van der Waals surface area contributed by atoms with Gasteiger partial charge in [-0.1, -0.05) is 22.9 Å². The molecule has 1 amide bonds. The van der Waals surface area contributed by atoms with Crippen molar-refractivity contribution >= 4 is 33.5 Å². The normalized spacial score (nSPS) is 10.2. The Morgan fingerprint density at radius 2 is 2.00 bits per heavy atom. The van der Waals surface area contributed by atoms with Crippen molar-refractivity contribution in [2.45, 2.75) is 20.3 Å². The Morgan fingerprint density at radius 1 is 1.29 bits per heavy atom. The Morgan fingerprint density at radius 3 is 2.62 bits per heavy atom. The van der Waals surface area contributed by atoms with Crippen molar-refractivity contribution in [3.8, 4) is 0 Å². The molecule has 0 unspecified atom stereocenters. The average molecular weight is 349 g/mol. The second-order valence-corrected chi connectivity index (χ2v) is 5.55. The van der Waals surface area contributed by atoms with E-state index in [1.807, 2.05) is 32.0 Å². The maximum Gasteiger partial charge on any atom is 0.254 e. The van der Waals surface area contributed by atoms with Gasteiger partial charge in [0.05, 0.1) is 5.56 Å². The van der Waals surface area contributed by atoms with Crippen LogP contribution < -0.4 is 10.6 Å². The van der Waals surface area contributed by atoms with Crippen LogP contribution in [-0.4, -0.2) is 22.4 Å². The van der Waals surface area contributed by atoms with Gasteiger partial charge in [-0.3, -0.25) is 4.79 Å². The first-order valence-electron chi connectivity index (χ1n) is 6.73. The van der Waals surface area contributed by atoms with Crippen molar-refractivity contribution in [2.75, 3.05) is 11.9 Å². The molecule has 2 rings (SSSR count). The summed E-state index contributed by atoms with van der Waals surface area (Å²) in [5.41, 5.74) is 2.47. The van der Waals surface area contributed by atoms with Gasteiger partial charge in [0, 0.05) is 29.1 Å². The molecule has 0 fully saturated rings. The number of carbonyl (C=O) groups is 1. The summed E-state index contributed by atoms with van der Waals surface area (Å²) >= 11 is 3.42. The molecule has 0 bridgehead atoms. The van der Waals surface area contributed by atoms with Crippen LogP contribution in [-0.2, 0) is 0 Å².